The Balaban J connectivity index is 1.02. The van der Waals surface area contributed by atoms with Gasteiger partial charge in [0.1, 0.15) is 0 Å². The topological polar surface area (TPSA) is 3.24 Å². The minimum Gasteiger partial charge on any atom is -0.310 e. The van der Waals surface area contributed by atoms with E-state index in [1.165, 1.54) is 100 Å². The Morgan fingerprint density at radius 1 is 0.213 bits per heavy atom. The van der Waals surface area contributed by atoms with Gasteiger partial charge in [-0.25, -0.2) is 0 Å². The zero-order chi connectivity index (χ0) is 49.8. The highest BCUT2D eigenvalue weighted by molar-refractivity contribution is 5.99. The fourth-order valence-corrected chi connectivity index (χ4v) is 12.8. The van der Waals surface area contributed by atoms with Crippen LogP contribution in [0.25, 0.3) is 55.6 Å². The van der Waals surface area contributed by atoms with Gasteiger partial charge in [-0.1, -0.05) is 279 Å². The van der Waals surface area contributed by atoms with Gasteiger partial charge in [0.2, 0.25) is 0 Å². The van der Waals surface area contributed by atoms with E-state index in [9.17, 15) is 0 Å². The molecule has 2 unspecified atom stereocenters. The van der Waals surface area contributed by atoms with E-state index in [0.717, 1.165) is 17.1 Å². The Morgan fingerprint density at radius 2 is 0.560 bits per heavy atom. The maximum Gasteiger partial charge on any atom is 0.0714 e. The summed E-state index contributed by atoms with van der Waals surface area (Å²) < 4.78 is 0. The highest BCUT2D eigenvalue weighted by Crippen LogP contribution is 2.61. The van der Waals surface area contributed by atoms with Crippen LogP contribution in [0.1, 0.15) is 44.5 Å². The monoisotopic (exact) mass is 953 g/mol. The molecule has 1 nitrogen and oxygen atoms in total. The third kappa shape index (κ3) is 7.00. The zero-order valence-electron chi connectivity index (χ0n) is 41.4. The van der Waals surface area contributed by atoms with E-state index in [0.29, 0.717) is 0 Å². The normalized spacial score (nSPS) is 15.8. The smallest absolute Gasteiger partial charge is 0.0714 e. The minimum atomic E-state index is -0.610. The number of hydrogen-bond donors (Lipinski definition) is 0. The van der Waals surface area contributed by atoms with Crippen molar-refractivity contribution in [3.8, 4) is 55.6 Å². The first-order valence-corrected chi connectivity index (χ1v) is 26.1. The summed E-state index contributed by atoms with van der Waals surface area (Å²) in [4.78, 5) is 2.53. The number of benzene rings is 12. The third-order valence-corrected chi connectivity index (χ3v) is 16.1. The fourth-order valence-electron chi connectivity index (χ4n) is 12.8. The van der Waals surface area contributed by atoms with Crippen LogP contribution >= 0.6 is 0 Å². The van der Waals surface area contributed by atoms with Gasteiger partial charge in [-0.3, -0.25) is 0 Å². The quantitative estimate of drug-likeness (QED) is 0.132. The SMILES string of the molecule is c1ccc(-c2ccc(N(c3ccc4c(c3)C(c3ccccc3)(c3ccc(-c5ccccc5)cc3)c3ccccc3-4)c3cccc4c3-c3ccccc3C4(c3ccccc3)c3ccc(-c4ccccc4)cc3)cc2)cc1. The first-order valence-electron chi connectivity index (χ1n) is 26.1. The van der Waals surface area contributed by atoms with Crippen molar-refractivity contribution in [2.75, 3.05) is 4.90 Å². The van der Waals surface area contributed by atoms with Crippen LogP contribution in [-0.2, 0) is 10.8 Å². The minimum absolute atomic E-state index is 0.602. The summed E-state index contributed by atoms with van der Waals surface area (Å²) in [5.41, 5.74) is 24.2. The van der Waals surface area contributed by atoms with Gasteiger partial charge >= 0.3 is 0 Å². The van der Waals surface area contributed by atoms with Crippen LogP contribution in [0.4, 0.5) is 17.1 Å². The summed E-state index contributed by atoms with van der Waals surface area (Å²) in [5, 5.41) is 0. The summed E-state index contributed by atoms with van der Waals surface area (Å²) in [7, 11) is 0. The van der Waals surface area contributed by atoms with Gasteiger partial charge in [0.05, 0.1) is 16.5 Å². The Labute approximate surface area is 440 Å². The number of rotatable bonds is 10. The van der Waals surface area contributed by atoms with E-state index in [4.69, 9.17) is 0 Å². The molecule has 75 heavy (non-hydrogen) atoms. The molecule has 0 saturated carbocycles. The Hall–Kier alpha value is -9.56. The van der Waals surface area contributed by atoms with Crippen molar-refractivity contribution in [2.24, 2.45) is 0 Å². The van der Waals surface area contributed by atoms with Gasteiger partial charge in [0.25, 0.3) is 0 Å². The van der Waals surface area contributed by atoms with Crippen molar-refractivity contribution < 1.29 is 0 Å². The molecular weight excluding hydrogens is 903 g/mol. The molecule has 0 heterocycles. The number of hydrogen-bond acceptors (Lipinski definition) is 1. The van der Waals surface area contributed by atoms with E-state index in [1.807, 2.05) is 0 Å². The number of fused-ring (bicyclic) bond motifs is 6. The van der Waals surface area contributed by atoms with Crippen molar-refractivity contribution >= 4 is 17.1 Å². The highest BCUT2D eigenvalue weighted by atomic mass is 15.1. The lowest BCUT2D eigenvalue weighted by Gasteiger charge is -2.36. The van der Waals surface area contributed by atoms with Crippen molar-refractivity contribution in [3.05, 3.63) is 354 Å². The van der Waals surface area contributed by atoms with Gasteiger partial charge < -0.3 is 4.90 Å². The van der Waals surface area contributed by atoms with Crippen LogP contribution < -0.4 is 4.90 Å². The van der Waals surface area contributed by atoms with Gasteiger partial charge in [-0.15, -0.1) is 0 Å². The molecule has 0 spiro atoms. The molecule has 12 aromatic carbocycles. The van der Waals surface area contributed by atoms with Crippen LogP contribution in [-0.4, -0.2) is 0 Å². The average molecular weight is 954 g/mol. The van der Waals surface area contributed by atoms with Crippen molar-refractivity contribution in [1.82, 2.24) is 0 Å². The molecule has 352 valence electrons. The van der Waals surface area contributed by atoms with Gasteiger partial charge in [0, 0.05) is 16.9 Å². The maximum atomic E-state index is 2.53. The molecular formula is C74H51N. The van der Waals surface area contributed by atoms with Crippen molar-refractivity contribution in [2.45, 2.75) is 10.8 Å². The second kappa shape index (κ2) is 18.2. The predicted octanol–water partition coefficient (Wildman–Crippen LogP) is 18.9. The lowest BCUT2D eigenvalue weighted by Crippen LogP contribution is -2.29. The number of anilines is 3. The fraction of sp³-hybridized carbons (Fsp3) is 0.0270. The molecule has 1 heteroatoms. The second-order valence-electron chi connectivity index (χ2n) is 19.9. The largest absolute Gasteiger partial charge is 0.310 e. The summed E-state index contributed by atoms with van der Waals surface area (Å²) >= 11 is 0. The van der Waals surface area contributed by atoms with E-state index >= 15 is 0 Å². The molecule has 0 amide bonds. The first-order chi connectivity index (χ1) is 37.2. The van der Waals surface area contributed by atoms with Crippen LogP contribution in [0.2, 0.25) is 0 Å². The molecule has 0 bridgehead atoms. The molecule has 2 aliphatic rings. The number of nitrogens with zero attached hydrogens (tertiary/aromatic N) is 1. The van der Waals surface area contributed by atoms with Crippen LogP contribution in [0.15, 0.2) is 309 Å². The van der Waals surface area contributed by atoms with E-state index in [-0.39, 0.29) is 0 Å². The lowest BCUT2D eigenvalue weighted by atomic mass is 9.67. The molecule has 2 aliphatic carbocycles. The summed E-state index contributed by atoms with van der Waals surface area (Å²) in [6.45, 7) is 0. The van der Waals surface area contributed by atoms with E-state index < -0.39 is 10.8 Å². The van der Waals surface area contributed by atoms with Crippen LogP contribution in [0.3, 0.4) is 0 Å². The summed E-state index contributed by atoms with van der Waals surface area (Å²) in [5.74, 6) is 0. The molecule has 14 rings (SSSR count). The molecule has 12 aromatic rings. The lowest BCUT2D eigenvalue weighted by molar-refractivity contribution is 0.768. The Morgan fingerprint density at radius 3 is 1.07 bits per heavy atom. The first kappa shape index (κ1) is 44.2. The molecule has 0 N–H and O–H groups in total. The summed E-state index contributed by atoms with van der Waals surface area (Å²) in [6.07, 6.45) is 0. The van der Waals surface area contributed by atoms with Crippen molar-refractivity contribution in [1.29, 1.82) is 0 Å². The Kier molecular flexibility index (Phi) is 10.7. The molecule has 2 atom stereocenters. The van der Waals surface area contributed by atoms with Gasteiger partial charge in [-0.05, 0) is 125 Å². The zero-order valence-corrected chi connectivity index (χ0v) is 41.4. The molecule has 0 aromatic heterocycles. The molecule has 0 radical (unpaired) electrons. The predicted molar refractivity (Wildman–Crippen MR) is 312 cm³/mol. The molecule has 0 fully saturated rings. The highest BCUT2D eigenvalue weighted by Gasteiger charge is 2.49. The van der Waals surface area contributed by atoms with Crippen molar-refractivity contribution in [3.63, 3.8) is 0 Å². The second-order valence-corrected chi connectivity index (χ2v) is 19.9. The Bertz CT molecular complexity index is 4000. The molecule has 0 aliphatic heterocycles. The van der Waals surface area contributed by atoms with E-state index in [2.05, 4.69) is 314 Å². The standard InChI is InChI=1S/C74H51N/c1-6-21-52(22-7-1)55-37-43-60(44-38-55)73(58-27-12-4-13-28-58)68-34-19-17-32-66(68)72-69(73)35-20-36-71(72)75(62-47-41-57(42-48-62)54-25-10-3-11-26-54)63-49-50-65-64-31-16-18-33-67(64)74(70(65)51-63,59-29-14-5-15-30-59)61-45-39-56(40-46-61)53-23-8-2-9-24-53/h1-51H. The van der Waals surface area contributed by atoms with E-state index in [1.54, 1.807) is 0 Å². The summed E-state index contributed by atoms with van der Waals surface area (Å²) in [6, 6.07) is 115. The average Bonchev–Trinajstić information content (AvgIpc) is 4.06. The maximum absolute atomic E-state index is 2.53. The third-order valence-electron chi connectivity index (χ3n) is 16.1. The van der Waals surface area contributed by atoms with Crippen LogP contribution in [0.5, 0.6) is 0 Å². The van der Waals surface area contributed by atoms with Gasteiger partial charge in [-0.2, -0.15) is 0 Å². The molecule has 0 saturated heterocycles. The van der Waals surface area contributed by atoms with Gasteiger partial charge in [0.15, 0.2) is 0 Å². The van der Waals surface area contributed by atoms with Crippen LogP contribution in [0, 0.1) is 0 Å².